The van der Waals surface area contributed by atoms with Gasteiger partial charge < -0.3 is 0 Å². The summed E-state index contributed by atoms with van der Waals surface area (Å²) in [5.74, 6) is -0.0112. The van der Waals surface area contributed by atoms with Crippen molar-refractivity contribution in [3.05, 3.63) is 16.9 Å². The Labute approximate surface area is 89.1 Å². The lowest BCUT2D eigenvalue weighted by atomic mass is 10.1. The Morgan fingerprint density at radius 2 is 2.00 bits per heavy atom. The van der Waals surface area contributed by atoms with Crippen LogP contribution in [0.2, 0.25) is 5.02 Å². The van der Waals surface area contributed by atoms with Gasteiger partial charge in [-0.25, -0.2) is 0 Å². The lowest BCUT2D eigenvalue weighted by Crippen LogP contribution is -2.16. The number of aromatic nitrogens is 2. The van der Waals surface area contributed by atoms with E-state index < -0.39 is 0 Å². The van der Waals surface area contributed by atoms with Crippen LogP contribution in [0.5, 0.6) is 0 Å². The summed E-state index contributed by atoms with van der Waals surface area (Å²) in [6, 6.07) is 0.153. The zero-order valence-electron chi connectivity index (χ0n) is 8.91. The predicted molar refractivity (Wildman–Crippen MR) is 56.8 cm³/mol. The molecule has 0 atom stereocenters. The highest BCUT2D eigenvalue weighted by Gasteiger charge is 2.21. The molecule has 0 spiro atoms. The molecule has 1 heterocycles. The normalized spacial score (nSPS) is 11.4. The van der Waals surface area contributed by atoms with Gasteiger partial charge in [-0.05, 0) is 13.8 Å². The predicted octanol–water partition coefficient (Wildman–Crippen LogP) is 2.96. The van der Waals surface area contributed by atoms with Gasteiger partial charge in [-0.15, -0.1) is 0 Å². The van der Waals surface area contributed by atoms with Gasteiger partial charge in [0.25, 0.3) is 0 Å². The summed E-state index contributed by atoms with van der Waals surface area (Å²) in [4.78, 5) is 11.8. The first kappa shape index (κ1) is 11.2. The van der Waals surface area contributed by atoms with Crippen LogP contribution < -0.4 is 0 Å². The number of hydrogen-bond donors (Lipinski definition) is 0. The summed E-state index contributed by atoms with van der Waals surface area (Å²) in [5, 5.41) is 4.52. The monoisotopic (exact) mass is 214 g/mol. The molecule has 0 N–H and O–H groups in total. The number of nitrogens with zero attached hydrogens (tertiary/aromatic N) is 2. The maximum absolute atomic E-state index is 11.8. The molecule has 0 aromatic carbocycles. The molecule has 3 nitrogen and oxygen atoms in total. The second-order valence-electron chi connectivity index (χ2n) is 3.90. The van der Waals surface area contributed by atoms with Crippen LogP contribution in [0.15, 0.2) is 6.20 Å². The second-order valence-corrected chi connectivity index (χ2v) is 4.31. The van der Waals surface area contributed by atoms with Gasteiger partial charge in [0, 0.05) is 12.0 Å². The zero-order chi connectivity index (χ0) is 10.9. The van der Waals surface area contributed by atoms with E-state index in [0.29, 0.717) is 10.7 Å². The molecule has 0 amide bonds. The zero-order valence-corrected chi connectivity index (χ0v) is 9.67. The average Bonchev–Trinajstić information content (AvgIpc) is 2.45. The van der Waals surface area contributed by atoms with E-state index >= 15 is 0 Å². The van der Waals surface area contributed by atoms with Crippen LogP contribution in [0, 0.1) is 5.92 Å². The number of halogens is 1. The van der Waals surface area contributed by atoms with E-state index in [1.54, 1.807) is 4.68 Å². The molecule has 1 aromatic heterocycles. The molecule has 4 heteroatoms. The van der Waals surface area contributed by atoms with E-state index in [1.807, 2.05) is 27.7 Å². The van der Waals surface area contributed by atoms with Crippen molar-refractivity contribution < 1.29 is 4.79 Å². The first-order chi connectivity index (χ1) is 6.45. The van der Waals surface area contributed by atoms with Crippen molar-refractivity contribution in [2.75, 3.05) is 0 Å². The smallest absolute Gasteiger partial charge is 0.184 e. The highest BCUT2D eigenvalue weighted by atomic mass is 35.5. The van der Waals surface area contributed by atoms with Gasteiger partial charge in [-0.3, -0.25) is 9.48 Å². The number of Topliss-reactive ketones (excluding diaryl/α,β-unsaturated/α-hetero) is 1. The summed E-state index contributed by atoms with van der Waals surface area (Å²) < 4.78 is 1.67. The Morgan fingerprint density at radius 3 is 2.43 bits per heavy atom. The van der Waals surface area contributed by atoms with E-state index in [9.17, 15) is 4.79 Å². The van der Waals surface area contributed by atoms with Crippen molar-refractivity contribution in [3.8, 4) is 0 Å². The Hall–Kier alpha value is -0.830. The van der Waals surface area contributed by atoms with Crippen LogP contribution in [0.25, 0.3) is 0 Å². The fourth-order valence-corrected chi connectivity index (χ4v) is 1.46. The Kier molecular flexibility index (Phi) is 3.32. The third-order valence-corrected chi connectivity index (χ3v) is 2.27. The molecule has 0 radical (unpaired) electrons. The average molecular weight is 215 g/mol. The summed E-state index contributed by atoms with van der Waals surface area (Å²) in [6.07, 6.45) is 1.52. The number of carbonyl (C=O) groups is 1. The van der Waals surface area contributed by atoms with E-state index in [-0.39, 0.29) is 17.7 Å². The third-order valence-electron chi connectivity index (χ3n) is 2.00. The number of ketones is 1. The van der Waals surface area contributed by atoms with Crippen molar-refractivity contribution >= 4 is 17.4 Å². The van der Waals surface area contributed by atoms with Crippen LogP contribution in [0.1, 0.15) is 44.2 Å². The van der Waals surface area contributed by atoms with Gasteiger partial charge in [-0.1, -0.05) is 25.4 Å². The summed E-state index contributed by atoms with van der Waals surface area (Å²) in [7, 11) is 0. The fraction of sp³-hybridized carbons (Fsp3) is 0.600. The van der Waals surface area contributed by atoms with Crippen LogP contribution in [-0.2, 0) is 0 Å². The summed E-state index contributed by atoms with van der Waals surface area (Å²) in [6.45, 7) is 7.66. The molecule has 0 aliphatic rings. The SMILES string of the molecule is CC(C)C(=O)c1c(Cl)cnn1C(C)C. The number of carbonyl (C=O) groups excluding carboxylic acids is 1. The Balaban J connectivity index is 3.17. The van der Waals surface area contributed by atoms with E-state index in [1.165, 1.54) is 6.20 Å². The van der Waals surface area contributed by atoms with Crippen LogP contribution in [0.4, 0.5) is 0 Å². The lowest BCUT2D eigenvalue weighted by molar-refractivity contribution is 0.0927. The minimum atomic E-state index is -0.0540. The number of hydrogen-bond acceptors (Lipinski definition) is 2. The maximum atomic E-state index is 11.8. The van der Waals surface area contributed by atoms with Crippen molar-refractivity contribution in [3.63, 3.8) is 0 Å². The Morgan fingerprint density at radius 1 is 1.43 bits per heavy atom. The van der Waals surface area contributed by atoms with Crippen LogP contribution in [-0.4, -0.2) is 15.6 Å². The first-order valence-corrected chi connectivity index (χ1v) is 5.10. The minimum absolute atomic E-state index is 0.0428. The first-order valence-electron chi connectivity index (χ1n) is 4.72. The largest absolute Gasteiger partial charge is 0.292 e. The topological polar surface area (TPSA) is 34.9 Å². The fourth-order valence-electron chi connectivity index (χ4n) is 1.24. The van der Waals surface area contributed by atoms with Gasteiger partial charge in [-0.2, -0.15) is 5.10 Å². The third kappa shape index (κ3) is 1.98. The van der Waals surface area contributed by atoms with Gasteiger partial charge in [0.2, 0.25) is 0 Å². The lowest BCUT2D eigenvalue weighted by Gasteiger charge is -2.11. The second kappa shape index (κ2) is 4.13. The van der Waals surface area contributed by atoms with Gasteiger partial charge in [0.15, 0.2) is 5.78 Å². The molecular formula is C10H15ClN2O. The molecule has 0 saturated carbocycles. The molecule has 0 bridgehead atoms. The molecule has 1 rings (SSSR count). The Bertz CT molecular complexity index is 342. The van der Waals surface area contributed by atoms with Crippen LogP contribution in [0.3, 0.4) is 0 Å². The van der Waals surface area contributed by atoms with Crippen molar-refractivity contribution in [2.45, 2.75) is 33.7 Å². The summed E-state index contributed by atoms with van der Waals surface area (Å²) in [5.41, 5.74) is 0.525. The highest BCUT2D eigenvalue weighted by Crippen LogP contribution is 2.21. The van der Waals surface area contributed by atoms with Gasteiger partial charge >= 0.3 is 0 Å². The minimum Gasteiger partial charge on any atom is -0.292 e. The molecule has 1 aromatic rings. The highest BCUT2D eigenvalue weighted by molar-refractivity contribution is 6.33. The molecular weight excluding hydrogens is 200 g/mol. The molecule has 0 aliphatic heterocycles. The van der Waals surface area contributed by atoms with Crippen LogP contribution >= 0.6 is 11.6 Å². The molecule has 0 fully saturated rings. The molecule has 0 unspecified atom stereocenters. The standard InChI is InChI=1S/C10H15ClN2O/c1-6(2)10(14)9-8(11)5-12-13(9)7(3)4/h5-7H,1-4H3. The van der Waals surface area contributed by atoms with E-state index in [0.717, 1.165) is 0 Å². The molecule has 78 valence electrons. The van der Waals surface area contributed by atoms with Gasteiger partial charge in [0.05, 0.1) is 11.2 Å². The van der Waals surface area contributed by atoms with Crippen molar-refractivity contribution in [1.82, 2.24) is 9.78 Å². The van der Waals surface area contributed by atoms with Crippen molar-refractivity contribution in [1.29, 1.82) is 0 Å². The van der Waals surface area contributed by atoms with E-state index in [2.05, 4.69) is 5.10 Å². The number of rotatable bonds is 3. The molecule has 0 aliphatic carbocycles. The van der Waals surface area contributed by atoms with Gasteiger partial charge in [0.1, 0.15) is 5.69 Å². The summed E-state index contributed by atoms with van der Waals surface area (Å²) >= 11 is 5.92. The quantitative estimate of drug-likeness (QED) is 0.726. The molecule has 0 saturated heterocycles. The maximum Gasteiger partial charge on any atom is 0.184 e. The van der Waals surface area contributed by atoms with Crippen molar-refractivity contribution in [2.24, 2.45) is 5.92 Å². The molecule has 14 heavy (non-hydrogen) atoms. The van der Waals surface area contributed by atoms with E-state index in [4.69, 9.17) is 11.6 Å².